The Morgan fingerprint density at radius 1 is 1.03 bits per heavy atom. The summed E-state index contributed by atoms with van der Waals surface area (Å²) in [6.07, 6.45) is 3.73. The topological polar surface area (TPSA) is 130 Å². The Bertz CT molecular complexity index is 1150. The SMILES string of the molecule is [NH3+][C@@H](Cc1c[nH]c2ccccc12)C(=O)N1CCC(C(=O)N[C@H](Cc2ccccc2)C(=O)O)CC1. The lowest BCUT2D eigenvalue weighted by Crippen LogP contribution is -2.69. The first-order valence-electron chi connectivity index (χ1n) is 11.7. The fourth-order valence-corrected chi connectivity index (χ4v) is 4.61. The summed E-state index contributed by atoms with van der Waals surface area (Å²) in [4.78, 5) is 42.4. The average molecular weight is 464 g/mol. The average Bonchev–Trinajstić information content (AvgIpc) is 3.26. The number of carbonyl (C=O) groups is 3. The maximum atomic E-state index is 13.0. The number of para-hydroxylation sites is 1. The first-order chi connectivity index (χ1) is 16.4. The molecule has 2 amide bonds. The Balaban J connectivity index is 1.29. The van der Waals surface area contributed by atoms with E-state index in [1.165, 1.54) is 0 Å². The second-order valence-electron chi connectivity index (χ2n) is 8.95. The highest BCUT2D eigenvalue weighted by Crippen LogP contribution is 2.21. The summed E-state index contributed by atoms with van der Waals surface area (Å²) < 4.78 is 0. The van der Waals surface area contributed by atoms with E-state index >= 15 is 0 Å². The summed E-state index contributed by atoms with van der Waals surface area (Å²) in [5, 5.41) is 13.3. The van der Waals surface area contributed by atoms with Crippen LogP contribution in [0, 0.1) is 5.92 Å². The fourth-order valence-electron chi connectivity index (χ4n) is 4.61. The Hall–Kier alpha value is -3.65. The van der Waals surface area contributed by atoms with E-state index in [0.717, 1.165) is 22.0 Å². The molecule has 6 N–H and O–H groups in total. The number of H-pyrrole nitrogens is 1. The first-order valence-corrected chi connectivity index (χ1v) is 11.7. The summed E-state index contributed by atoms with van der Waals surface area (Å²) in [6.45, 7) is 0.931. The van der Waals surface area contributed by atoms with Gasteiger partial charge in [0.1, 0.15) is 6.04 Å². The van der Waals surface area contributed by atoms with Gasteiger partial charge in [0.15, 0.2) is 6.04 Å². The van der Waals surface area contributed by atoms with E-state index in [9.17, 15) is 19.5 Å². The van der Waals surface area contributed by atoms with Crippen LogP contribution in [0.2, 0.25) is 0 Å². The summed E-state index contributed by atoms with van der Waals surface area (Å²) in [5.74, 6) is -1.64. The molecule has 178 valence electrons. The number of aliphatic carboxylic acids is 1. The number of piperidine rings is 1. The molecule has 0 saturated carbocycles. The number of quaternary nitrogens is 1. The van der Waals surface area contributed by atoms with E-state index in [4.69, 9.17) is 0 Å². The molecule has 0 spiro atoms. The molecule has 1 aliphatic rings. The van der Waals surface area contributed by atoms with E-state index in [-0.39, 0.29) is 24.2 Å². The van der Waals surface area contributed by atoms with Crippen molar-refractivity contribution in [1.82, 2.24) is 15.2 Å². The normalized spacial score (nSPS) is 16.2. The van der Waals surface area contributed by atoms with Crippen molar-refractivity contribution < 1.29 is 25.2 Å². The smallest absolute Gasteiger partial charge is 0.326 e. The van der Waals surface area contributed by atoms with Gasteiger partial charge in [0.25, 0.3) is 5.91 Å². The number of rotatable bonds is 8. The number of hydrogen-bond acceptors (Lipinski definition) is 3. The maximum Gasteiger partial charge on any atom is 0.326 e. The fraction of sp³-hybridized carbons (Fsp3) is 0.346. The quantitative estimate of drug-likeness (QED) is 0.402. The third-order valence-corrected chi connectivity index (χ3v) is 6.57. The van der Waals surface area contributed by atoms with Crippen LogP contribution in [0.1, 0.15) is 24.0 Å². The molecule has 1 fully saturated rings. The number of nitrogens with one attached hydrogen (secondary N) is 2. The second kappa shape index (κ2) is 10.5. The molecular weight excluding hydrogens is 432 g/mol. The Labute approximate surface area is 198 Å². The van der Waals surface area contributed by atoms with Gasteiger partial charge in [0.2, 0.25) is 5.91 Å². The van der Waals surface area contributed by atoms with Gasteiger partial charge in [-0.1, -0.05) is 48.5 Å². The number of aromatic nitrogens is 1. The number of carbonyl (C=O) groups excluding carboxylic acids is 2. The zero-order valence-electron chi connectivity index (χ0n) is 19.1. The molecule has 8 nitrogen and oxygen atoms in total. The predicted molar refractivity (Wildman–Crippen MR) is 128 cm³/mol. The van der Waals surface area contributed by atoms with Crippen molar-refractivity contribution in [3.8, 4) is 0 Å². The number of carboxylic acid groups (broad SMARTS) is 1. The van der Waals surface area contributed by atoms with Crippen molar-refractivity contribution in [2.24, 2.45) is 5.92 Å². The summed E-state index contributed by atoms with van der Waals surface area (Å²) in [6, 6.07) is 15.8. The molecule has 2 aromatic carbocycles. The molecule has 0 unspecified atom stereocenters. The van der Waals surface area contributed by atoms with Crippen molar-refractivity contribution in [1.29, 1.82) is 0 Å². The number of fused-ring (bicyclic) bond motifs is 1. The highest BCUT2D eigenvalue weighted by atomic mass is 16.4. The number of hydrogen-bond donors (Lipinski definition) is 4. The first kappa shape index (κ1) is 23.5. The van der Waals surface area contributed by atoms with Crippen LogP contribution in [-0.4, -0.2) is 57.9 Å². The predicted octanol–water partition coefficient (Wildman–Crippen LogP) is 1.37. The molecule has 2 atom stereocenters. The van der Waals surface area contributed by atoms with Gasteiger partial charge in [0, 0.05) is 48.9 Å². The minimum Gasteiger partial charge on any atom is -0.480 e. The van der Waals surface area contributed by atoms with Gasteiger partial charge in [-0.05, 0) is 30.0 Å². The molecule has 1 aromatic heterocycles. The maximum absolute atomic E-state index is 13.0. The van der Waals surface area contributed by atoms with E-state index in [2.05, 4.69) is 16.0 Å². The molecule has 0 radical (unpaired) electrons. The molecule has 8 heteroatoms. The largest absolute Gasteiger partial charge is 0.480 e. The minimum absolute atomic E-state index is 0.0170. The van der Waals surface area contributed by atoms with Crippen LogP contribution in [0.25, 0.3) is 10.9 Å². The van der Waals surface area contributed by atoms with Gasteiger partial charge < -0.3 is 26.0 Å². The van der Waals surface area contributed by atoms with E-state index in [0.29, 0.717) is 32.4 Å². The number of benzene rings is 2. The van der Waals surface area contributed by atoms with Crippen molar-refractivity contribution in [3.05, 3.63) is 71.9 Å². The van der Waals surface area contributed by atoms with Gasteiger partial charge in [0.05, 0.1) is 0 Å². The summed E-state index contributed by atoms with van der Waals surface area (Å²) in [7, 11) is 0. The van der Waals surface area contributed by atoms with Crippen molar-refractivity contribution in [2.45, 2.75) is 37.8 Å². The number of aromatic amines is 1. The number of nitrogens with zero attached hydrogens (tertiary/aromatic N) is 1. The van der Waals surface area contributed by atoms with Gasteiger partial charge >= 0.3 is 5.97 Å². The third kappa shape index (κ3) is 5.46. The Kier molecular flexibility index (Phi) is 7.27. The van der Waals surface area contributed by atoms with Gasteiger partial charge in [-0.25, -0.2) is 4.79 Å². The molecule has 34 heavy (non-hydrogen) atoms. The standard InChI is InChI=1S/C26H30N4O4/c27-21(15-19-16-28-22-9-5-4-8-20(19)22)25(32)30-12-10-18(11-13-30)24(31)29-23(26(33)34)14-17-6-2-1-3-7-17/h1-9,16,18,21,23,28H,10-15,27H2,(H,29,31)(H,33,34)/p+1/t21-,23+/m0/s1. The molecule has 1 aliphatic heterocycles. The lowest BCUT2D eigenvalue weighted by Gasteiger charge is -2.32. The van der Waals surface area contributed by atoms with Crippen molar-refractivity contribution >= 4 is 28.7 Å². The van der Waals surface area contributed by atoms with Crippen LogP contribution in [0.4, 0.5) is 0 Å². The lowest BCUT2D eigenvalue weighted by molar-refractivity contribution is -0.405. The van der Waals surface area contributed by atoms with Gasteiger partial charge in [-0.2, -0.15) is 0 Å². The molecule has 3 aromatic rings. The Morgan fingerprint density at radius 3 is 2.41 bits per heavy atom. The number of carboxylic acids is 1. The van der Waals surface area contributed by atoms with Crippen LogP contribution in [0.15, 0.2) is 60.8 Å². The molecular formula is C26H31N4O4+. The summed E-state index contributed by atoms with van der Waals surface area (Å²) >= 11 is 0. The van der Waals surface area contributed by atoms with Crippen molar-refractivity contribution in [2.75, 3.05) is 13.1 Å². The van der Waals surface area contributed by atoms with Crippen LogP contribution in [-0.2, 0) is 27.2 Å². The lowest BCUT2D eigenvalue weighted by atomic mass is 9.94. The molecule has 0 aliphatic carbocycles. The summed E-state index contributed by atoms with van der Waals surface area (Å²) in [5.41, 5.74) is 7.06. The van der Waals surface area contributed by atoms with Crippen molar-refractivity contribution in [3.63, 3.8) is 0 Å². The van der Waals surface area contributed by atoms with E-state index in [1.54, 1.807) is 4.90 Å². The Morgan fingerprint density at radius 2 is 1.71 bits per heavy atom. The van der Waals surface area contributed by atoms with E-state index < -0.39 is 18.1 Å². The minimum atomic E-state index is -1.05. The zero-order valence-corrected chi connectivity index (χ0v) is 19.1. The van der Waals surface area contributed by atoms with Crippen LogP contribution >= 0.6 is 0 Å². The van der Waals surface area contributed by atoms with Crippen LogP contribution in [0.5, 0.6) is 0 Å². The second-order valence-corrected chi connectivity index (χ2v) is 8.95. The van der Waals surface area contributed by atoms with Gasteiger partial charge in [-0.15, -0.1) is 0 Å². The zero-order chi connectivity index (χ0) is 24.1. The van der Waals surface area contributed by atoms with Gasteiger partial charge in [-0.3, -0.25) is 9.59 Å². The highest BCUT2D eigenvalue weighted by molar-refractivity contribution is 5.87. The number of likely N-dealkylation sites (tertiary alicyclic amines) is 1. The van der Waals surface area contributed by atoms with Crippen LogP contribution in [0.3, 0.4) is 0 Å². The highest BCUT2D eigenvalue weighted by Gasteiger charge is 2.33. The van der Waals surface area contributed by atoms with E-state index in [1.807, 2.05) is 60.8 Å². The number of amides is 2. The molecule has 1 saturated heterocycles. The molecule has 2 heterocycles. The molecule has 0 bridgehead atoms. The monoisotopic (exact) mass is 463 g/mol. The molecule has 4 rings (SSSR count). The third-order valence-electron chi connectivity index (χ3n) is 6.57. The van der Waals surface area contributed by atoms with Crippen LogP contribution < -0.4 is 11.1 Å².